The summed E-state index contributed by atoms with van der Waals surface area (Å²) in [7, 11) is 0. The molecule has 0 spiro atoms. The lowest BCUT2D eigenvalue weighted by Gasteiger charge is -2.32. The Balaban J connectivity index is 3.65. The summed E-state index contributed by atoms with van der Waals surface area (Å²) in [5.74, 6) is 2.06. The molecular weight excluding hydrogens is 242 g/mol. The molecule has 106 valence electrons. The van der Waals surface area contributed by atoms with Gasteiger partial charge in [0.1, 0.15) is 0 Å². The van der Waals surface area contributed by atoms with Gasteiger partial charge in [-0.15, -0.1) is 0 Å². The van der Waals surface area contributed by atoms with Crippen LogP contribution >= 0.6 is 11.8 Å². The molecule has 0 aromatic rings. The highest BCUT2D eigenvalue weighted by atomic mass is 32.2. The Morgan fingerprint density at radius 1 is 1.22 bits per heavy atom. The number of rotatable bonds is 8. The van der Waals surface area contributed by atoms with Crippen molar-refractivity contribution in [3.05, 3.63) is 12.7 Å². The molecular formula is C15H29NOS. The minimum atomic E-state index is -0.0799. The number of hydrogen-bond donors (Lipinski definition) is 1. The van der Waals surface area contributed by atoms with Crippen molar-refractivity contribution in [3.63, 3.8) is 0 Å². The van der Waals surface area contributed by atoms with Crippen molar-refractivity contribution in [2.75, 3.05) is 18.1 Å². The van der Waals surface area contributed by atoms with E-state index in [0.29, 0.717) is 10.8 Å². The molecule has 0 saturated heterocycles. The second kappa shape index (κ2) is 7.88. The van der Waals surface area contributed by atoms with E-state index in [1.165, 1.54) is 18.9 Å². The second-order valence-electron chi connectivity index (χ2n) is 6.76. The number of amides is 1. The van der Waals surface area contributed by atoms with Crippen LogP contribution in [0.5, 0.6) is 0 Å². The molecule has 0 aromatic carbocycles. The summed E-state index contributed by atoms with van der Waals surface area (Å²) in [6.45, 7) is 15.7. The molecule has 0 aliphatic heterocycles. The lowest BCUT2D eigenvalue weighted by molar-refractivity contribution is -0.116. The normalized spacial score (nSPS) is 12.3. The Hall–Kier alpha value is -0.440. The summed E-state index contributed by atoms with van der Waals surface area (Å²) in [6.07, 6.45) is 3.79. The molecule has 1 N–H and O–H groups in total. The SMILES string of the molecule is C=CC(=O)NCCSCCC(C)(C)CC(C)(C)C. The smallest absolute Gasteiger partial charge is 0.243 e. The predicted octanol–water partition coefficient (Wildman–Crippen LogP) is 3.87. The third-order valence-corrected chi connectivity index (χ3v) is 3.65. The van der Waals surface area contributed by atoms with Crippen molar-refractivity contribution in [3.8, 4) is 0 Å². The first-order valence-electron chi connectivity index (χ1n) is 6.64. The molecule has 2 nitrogen and oxygen atoms in total. The highest BCUT2D eigenvalue weighted by molar-refractivity contribution is 7.99. The topological polar surface area (TPSA) is 29.1 Å². The van der Waals surface area contributed by atoms with Gasteiger partial charge in [0.2, 0.25) is 5.91 Å². The molecule has 0 fully saturated rings. The van der Waals surface area contributed by atoms with Gasteiger partial charge in [0.05, 0.1) is 0 Å². The zero-order valence-corrected chi connectivity index (χ0v) is 13.5. The fourth-order valence-electron chi connectivity index (χ4n) is 2.29. The lowest BCUT2D eigenvalue weighted by atomic mass is 9.75. The van der Waals surface area contributed by atoms with Crippen LogP contribution in [-0.4, -0.2) is 24.0 Å². The number of hydrogen-bond acceptors (Lipinski definition) is 2. The van der Waals surface area contributed by atoms with Gasteiger partial charge in [-0.2, -0.15) is 11.8 Å². The Morgan fingerprint density at radius 2 is 1.83 bits per heavy atom. The van der Waals surface area contributed by atoms with Crippen LogP contribution in [0.15, 0.2) is 12.7 Å². The van der Waals surface area contributed by atoms with Crippen LogP contribution in [0, 0.1) is 10.8 Å². The van der Waals surface area contributed by atoms with E-state index in [1.54, 1.807) is 0 Å². The highest BCUT2D eigenvalue weighted by Gasteiger charge is 2.24. The third kappa shape index (κ3) is 10.7. The largest absolute Gasteiger partial charge is 0.352 e. The minimum absolute atomic E-state index is 0.0799. The summed E-state index contributed by atoms with van der Waals surface area (Å²) < 4.78 is 0. The summed E-state index contributed by atoms with van der Waals surface area (Å²) in [5, 5.41) is 2.79. The maximum Gasteiger partial charge on any atom is 0.243 e. The predicted molar refractivity (Wildman–Crippen MR) is 83.0 cm³/mol. The molecule has 0 aliphatic rings. The molecule has 0 saturated carbocycles. The molecule has 0 aliphatic carbocycles. The van der Waals surface area contributed by atoms with Gasteiger partial charge in [0.15, 0.2) is 0 Å². The molecule has 0 heterocycles. The zero-order valence-electron chi connectivity index (χ0n) is 12.6. The van der Waals surface area contributed by atoms with Crippen molar-refractivity contribution in [1.29, 1.82) is 0 Å². The van der Waals surface area contributed by atoms with Crippen LogP contribution in [0.1, 0.15) is 47.5 Å². The average Bonchev–Trinajstić information content (AvgIpc) is 2.19. The Kier molecular flexibility index (Phi) is 7.69. The van der Waals surface area contributed by atoms with Crippen LogP contribution < -0.4 is 5.32 Å². The first-order chi connectivity index (χ1) is 8.16. The Morgan fingerprint density at radius 3 is 2.33 bits per heavy atom. The van der Waals surface area contributed by atoms with E-state index < -0.39 is 0 Å². The molecule has 18 heavy (non-hydrogen) atoms. The van der Waals surface area contributed by atoms with E-state index in [2.05, 4.69) is 46.5 Å². The lowest BCUT2D eigenvalue weighted by Crippen LogP contribution is -2.24. The Labute approximate surface area is 117 Å². The summed E-state index contributed by atoms with van der Waals surface area (Å²) in [4.78, 5) is 10.9. The van der Waals surface area contributed by atoms with Crippen molar-refractivity contribution >= 4 is 17.7 Å². The number of thioether (sulfide) groups is 1. The van der Waals surface area contributed by atoms with Crippen LogP contribution in [0.25, 0.3) is 0 Å². The Bertz CT molecular complexity index is 266. The van der Waals surface area contributed by atoms with Gasteiger partial charge in [-0.05, 0) is 35.5 Å². The van der Waals surface area contributed by atoms with Crippen LogP contribution in [0.2, 0.25) is 0 Å². The average molecular weight is 271 g/mol. The van der Waals surface area contributed by atoms with E-state index in [4.69, 9.17) is 0 Å². The fraction of sp³-hybridized carbons (Fsp3) is 0.800. The number of carbonyl (C=O) groups excluding carboxylic acids is 1. The van der Waals surface area contributed by atoms with Gasteiger partial charge in [0.25, 0.3) is 0 Å². The van der Waals surface area contributed by atoms with Crippen molar-refractivity contribution in [2.24, 2.45) is 10.8 Å². The summed E-state index contributed by atoms with van der Waals surface area (Å²) in [5.41, 5.74) is 0.793. The molecule has 0 aromatic heterocycles. The fourth-order valence-corrected chi connectivity index (χ4v) is 3.44. The van der Waals surface area contributed by atoms with E-state index in [9.17, 15) is 4.79 Å². The van der Waals surface area contributed by atoms with Crippen molar-refractivity contribution in [2.45, 2.75) is 47.5 Å². The van der Waals surface area contributed by atoms with Crippen LogP contribution in [-0.2, 0) is 4.79 Å². The number of carbonyl (C=O) groups is 1. The summed E-state index contributed by atoms with van der Waals surface area (Å²) >= 11 is 1.91. The standard InChI is InChI=1S/C15H29NOS/c1-7-13(17)16-9-11-18-10-8-15(5,6)12-14(2,3)4/h7H,1,8-12H2,2-6H3,(H,16,17). The van der Waals surface area contributed by atoms with Gasteiger partial charge < -0.3 is 5.32 Å². The maximum atomic E-state index is 10.9. The third-order valence-electron chi connectivity index (χ3n) is 2.66. The van der Waals surface area contributed by atoms with Gasteiger partial charge in [-0.1, -0.05) is 41.2 Å². The van der Waals surface area contributed by atoms with E-state index in [0.717, 1.165) is 18.1 Å². The molecule has 0 radical (unpaired) electrons. The maximum absolute atomic E-state index is 10.9. The van der Waals surface area contributed by atoms with Crippen LogP contribution in [0.4, 0.5) is 0 Å². The quantitative estimate of drug-likeness (QED) is 0.536. The monoisotopic (exact) mass is 271 g/mol. The molecule has 1 amide bonds. The first kappa shape index (κ1) is 17.6. The van der Waals surface area contributed by atoms with Crippen molar-refractivity contribution < 1.29 is 4.79 Å². The van der Waals surface area contributed by atoms with E-state index >= 15 is 0 Å². The summed E-state index contributed by atoms with van der Waals surface area (Å²) in [6, 6.07) is 0. The van der Waals surface area contributed by atoms with Gasteiger partial charge in [-0.3, -0.25) is 4.79 Å². The number of nitrogens with one attached hydrogen (secondary N) is 1. The first-order valence-corrected chi connectivity index (χ1v) is 7.80. The van der Waals surface area contributed by atoms with E-state index in [-0.39, 0.29) is 5.91 Å². The zero-order chi connectivity index (χ0) is 14.2. The second-order valence-corrected chi connectivity index (χ2v) is 7.98. The molecule has 0 atom stereocenters. The molecule has 0 bridgehead atoms. The minimum Gasteiger partial charge on any atom is -0.352 e. The van der Waals surface area contributed by atoms with Crippen LogP contribution in [0.3, 0.4) is 0 Å². The van der Waals surface area contributed by atoms with Gasteiger partial charge in [-0.25, -0.2) is 0 Å². The molecule has 0 rings (SSSR count). The molecule has 3 heteroatoms. The van der Waals surface area contributed by atoms with E-state index in [1.807, 2.05) is 11.8 Å². The van der Waals surface area contributed by atoms with Gasteiger partial charge in [0, 0.05) is 12.3 Å². The van der Waals surface area contributed by atoms with Gasteiger partial charge >= 0.3 is 0 Å². The van der Waals surface area contributed by atoms with Crippen molar-refractivity contribution in [1.82, 2.24) is 5.32 Å². The highest BCUT2D eigenvalue weighted by Crippen LogP contribution is 2.36. The molecule has 0 unspecified atom stereocenters.